The highest BCUT2D eigenvalue weighted by Crippen LogP contribution is 2.20. The first kappa shape index (κ1) is 12.6. The van der Waals surface area contributed by atoms with Crippen molar-refractivity contribution in [2.75, 3.05) is 0 Å². The van der Waals surface area contributed by atoms with E-state index in [1.165, 1.54) is 5.56 Å². The summed E-state index contributed by atoms with van der Waals surface area (Å²) >= 11 is 7.70. The van der Waals surface area contributed by atoms with E-state index in [4.69, 9.17) is 11.6 Å². The van der Waals surface area contributed by atoms with Crippen LogP contribution in [-0.2, 0) is 18.8 Å². The summed E-state index contributed by atoms with van der Waals surface area (Å²) in [5.41, 5.74) is 3.39. The lowest BCUT2D eigenvalue weighted by atomic mass is 10.2. The second kappa shape index (κ2) is 5.31. The Labute approximate surface area is 120 Å². The number of imidazole rings is 1. The van der Waals surface area contributed by atoms with Crippen molar-refractivity contribution in [3.8, 4) is 0 Å². The Kier molecular flexibility index (Phi) is 3.53. The monoisotopic (exact) mass is 291 g/mol. The van der Waals surface area contributed by atoms with Crippen LogP contribution in [0.1, 0.15) is 16.4 Å². The van der Waals surface area contributed by atoms with Crippen LogP contribution in [0.3, 0.4) is 0 Å². The maximum atomic E-state index is 6.01. The number of halogens is 1. The molecular weight excluding hydrogens is 278 g/mol. The van der Waals surface area contributed by atoms with Crippen LogP contribution in [0.25, 0.3) is 11.0 Å². The van der Waals surface area contributed by atoms with E-state index in [1.807, 2.05) is 11.6 Å². The quantitative estimate of drug-likeness (QED) is 0.685. The highest BCUT2D eigenvalue weighted by molar-refractivity contribution is 7.09. The third-order valence-corrected chi connectivity index (χ3v) is 4.21. The molecule has 2 heterocycles. The average Bonchev–Trinajstić information content (AvgIpc) is 3.02. The Morgan fingerprint density at radius 1 is 1.37 bits per heavy atom. The molecule has 3 aromatic rings. The van der Waals surface area contributed by atoms with Crippen molar-refractivity contribution in [2.45, 2.75) is 25.8 Å². The van der Waals surface area contributed by atoms with Crippen molar-refractivity contribution in [2.24, 2.45) is 0 Å². The molecule has 3 rings (SSSR count). The number of aromatic nitrogens is 3. The Hall–Kier alpha value is -1.39. The van der Waals surface area contributed by atoms with Gasteiger partial charge in [-0.15, -0.1) is 22.9 Å². The summed E-state index contributed by atoms with van der Waals surface area (Å²) in [5, 5.41) is 3.15. The summed E-state index contributed by atoms with van der Waals surface area (Å²) < 4.78 is 2.20. The first-order valence-electron chi connectivity index (χ1n) is 6.18. The van der Waals surface area contributed by atoms with Gasteiger partial charge in [-0.1, -0.05) is 6.07 Å². The van der Waals surface area contributed by atoms with Gasteiger partial charge < -0.3 is 4.57 Å². The van der Waals surface area contributed by atoms with Gasteiger partial charge in [0.05, 0.1) is 21.9 Å². The van der Waals surface area contributed by atoms with Crippen molar-refractivity contribution in [3.63, 3.8) is 0 Å². The minimum atomic E-state index is 0.436. The molecule has 0 N–H and O–H groups in total. The molecule has 0 atom stereocenters. The molecule has 0 saturated heterocycles. The molecule has 0 radical (unpaired) electrons. The van der Waals surface area contributed by atoms with Crippen LogP contribution in [0.5, 0.6) is 0 Å². The number of hydrogen-bond acceptors (Lipinski definition) is 3. The van der Waals surface area contributed by atoms with Crippen LogP contribution in [0.4, 0.5) is 0 Å². The molecule has 0 unspecified atom stereocenters. The minimum Gasteiger partial charge on any atom is -0.327 e. The zero-order valence-electron chi connectivity index (χ0n) is 10.6. The average molecular weight is 292 g/mol. The van der Waals surface area contributed by atoms with Gasteiger partial charge >= 0.3 is 0 Å². The van der Waals surface area contributed by atoms with Gasteiger partial charge in [0, 0.05) is 24.5 Å². The molecule has 0 bridgehead atoms. The van der Waals surface area contributed by atoms with Crippen molar-refractivity contribution < 1.29 is 0 Å². The lowest BCUT2D eigenvalue weighted by Gasteiger charge is -2.06. The van der Waals surface area contributed by atoms with E-state index in [0.29, 0.717) is 5.88 Å². The Bertz CT molecular complexity index is 688. The maximum absolute atomic E-state index is 6.01. The van der Waals surface area contributed by atoms with E-state index < -0.39 is 0 Å². The van der Waals surface area contributed by atoms with Crippen LogP contribution in [-0.4, -0.2) is 14.5 Å². The Balaban J connectivity index is 1.96. The first-order valence-corrected chi connectivity index (χ1v) is 7.59. The highest BCUT2D eigenvalue weighted by atomic mass is 35.5. The number of benzene rings is 1. The highest BCUT2D eigenvalue weighted by Gasteiger charge is 2.10. The van der Waals surface area contributed by atoms with E-state index in [0.717, 1.165) is 34.8 Å². The van der Waals surface area contributed by atoms with Crippen LogP contribution >= 0.6 is 22.9 Å². The molecule has 5 heteroatoms. The zero-order chi connectivity index (χ0) is 13.2. The summed E-state index contributed by atoms with van der Waals surface area (Å²) in [7, 11) is 0. The van der Waals surface area contributed by atoms with Gasteiger partial charge in [-0.05, 0) is 24.6 Å². The van der Waals surface area contributed by atoms with Crippen molar-refractivity contribution >= 4 is 34.0 Å². The van der Waals surface area contributed by atoms with Crippen molar-refractivity contribution in [1.82, 2.24) is 14.5 Å². The molecule has 0 aliphatic rings. The number of nitrogens with zero attached hydrogens (tertiary/aromatic N) is 3. The predicted molar refractivity (Wildman–Crippen MR) is 79.8 cm³/mol. The molecular formula is C14H14ClN3S. The fourth-order valence-corrected chi connectivity index (χ4v) is 3.04. The van der Waals surface area contributed by atoms with Crippen molar-refractivity contribution in [1.29, 1.82) is 0 Å². The van der Waals surface area contributed by atoms with Gasteiger partial charge in [0.15, 0.2) is 0 Å². The minimum absolute atomic E-state index is 0.436. The fraction of sp³-hybridized carbons (Fsp3) is 0.286. The van der Waals surface area contributed by atoms with Gasteiger partial charge in [0.25, 0.3) is 0 Å². The number of rotatable bonds is 4. The summed E-state index contributed by atoms with van der Waals surface area (Å²) in [6, 6.07) is 6.34. The smallest absolute Gasteiger partial charge is 0.124 e. The van der Waals surface area contributed by atoms with Gasteiger partial charge in [-0.3, -0.25) is 0 Å². The van der Waals surface area contributed by atoms with Crippen LogP contribution in [0, 0.1) is 6.92 Å². The summed E-state index contributed by atoms with van der Waals surface area (Å²) in [4.78, 5) is 8.92. The van der Waals surface area contributed by atoms with E-state index in [1.54, 1.807) is 11.3 Å². The third-order valence-electron chi connectivity index (χ3n) is 3.14. The molecule has 98 valence electrons. The number of hydrogen-bond donors (Lipinski definition) is 0. The second-order valence-electron chi connectivity index (χ2n) is 4.48. The SMILES string of the molecule is Cc1ccc2c(c1)nc(CCl)n2CCc1nccs1. The molecule has 1 aromatic carbocycles. The van der Waals surface area contributed by atoms with E-state index >= 15 is 0 Å². The summed E-state index contributed by atoms with van der Waals surface area (Å²) in [5.74, 6) is 1.37. The first-order chi connectivity index (χ1) is 9.28. The van der Waals surface area contributed by atoms with Gasteiger partial charge in [0.1, 0.15) is 5.82 Å². The largest absolute Gasteiger partial charge is 0.327 e. The molecule has 0 amide bonds. The van der Waals surface area contributed by atoms with Crippen LogP contribution in [0.2, 0.25) is 0 Å². The van der Waals surface area contributed by atoms with Gasteiger partial charge in [-0.25, -0.2) is 9.97 Å². The standard InChI is InChI=1S/C14H14ClN3S/c1-10-2-3-12-11(8-10)17-13(9-15)18(12)6-4-14-16-5-7-19-14/h2-3,5,7-8H,4,6,9H2,1H3. The lowest BCUT2D eigenvalue weighted by molar-refractivity contribution is 0.685. The predicted octanol–water partition coefficient (Wildman–Crippen LogP) is 3.78. The number of alkyl halides is 1. The van der Waals surface area contributed by atoms with E-state index in [2.05, 4.69) is 39.7 Å². The normalized spacial score (nSPS) is 11.3. The summed E-state index contributed by atoms with van der Waals surface area (Å²) in [6.45, 7) is 2.95. The Morgan fingerprint density at radius 2 is 2.26 bits per heavy atom. The maximum Gasteiger partial charge on any atom is 0.124 e. The molecule has 0 fully saturated rings. The van der Waals surface area contributed by atoms with Gasteiger partial charge in [-0.2, -0.15) is 0 Å². The van der Waals surface area contributed by atoms with E-state index in [9.17, 15) is 0 Å². The third kappa shape index (κ3) is 2.51. The molecule has 0 aliphatic heterocycles. The summed E-state index contributed by atoms with van der Waals surface area (Å²) in [6.07, 6.45) is 2.76. The van der Waals surface area contributed by atoms with E-state index in [-0.39, 0.29) is 0 Å². The lowest BCUT2D eigenvalue weighted by Crippen LogP contribution is -2.04. The fourth-order valence-electron chi connectivity index (χ4n) is 2.23. The van der Waals surface area contributed by atoms with Crippen molar-refractivity contribution in [3.05, 3.63) is 46.2 Å². The number of aryl methyl sites for hydroxylation is 3. The molecule has 2 aromatic heterocycles. The molecule has 0 saturated carbocycles. The molecule has 3 nitrogen and oxygen atoms in total. The number of fused-ring (bicyclic) bond motifs is 1. The van der Waals surface area contributed by atoms with Crippen LogP contribution in [0.15, 0.2) is 29.8 Å². The molecule has 0 aliphatic carbocycles. The number of thiazole rings is 1. The molecule has 0 spiro atoms. The molecule has 19 heavy (non-hydrogen) atoms. The zero-order valence-corrected chi connectivity index (χ0v) is 12.2. The second-order valence-corrected chi connectivity index (χ2v) is 5.73. The topological polar surface area (TPSA) is 30.7 Å². The Morgan fingerprint density at radius 3 is 3.00 bits per heavy atom. The van der Waals surface area contributed by atoms with Crippen LogP contribution < -0.4 is 0 Å². The van der Waals surface area contributed by atoms with Gasteiger partial charge in [0.2, 0.25) is 0 Å².